The third kappa shape index (κ3) is 2.54. The fourth-order valence-corrected chi connectivity index (χ4v) is 2.00. The Bertz CT molecular complexity index is 393. The summed E-state index contributed by atoms with van der Waals surface area (Å²) in [6.45, 7) is 1.98. The van der Waals surface area contributed by atoms with Crippen molar-refractivity contribution in [3.63, 3.8) is 0 Å². The lowest BCUT2D eigenvalue weighted by Crippen LogP contribution is -2.25. The van der Waals surface area contributed by atoms with Gasteiger partial charge in [0, 0.05) is 6.54 Å². The zero-order chi connectivity index (χ0) is 11.4. The van der Waals surface area contributed by atoms with E-state index in [2.05, 4.69) is 11.4 Å². The van der Waals surface area contributed by atoms with Gasteiger partial charge in [0.1, 0.15) is 5.88 Å². The summed E-state index contributed by atoms with van der Waals surface area (Å²) in [4.78, 5) is 11.1. The lowest BCUT2D eigenvalue weighted by atomic mass is 9.97. The molecule has 0 fully saturated rings. The quantitative estimate of drug-likeness (QED) is 0.814. The van der Waals surface area contributed by atoms with Crippen LogP contribution in [-0.4, -0.2) is 18.4 Å². The summed E-state index contributed by atoms with van der Waals surface area (Å²) >= 11 is 5.43. The predicted octanol–water partition coefficient (Wildman–Crippen LogP) is 1.61. The molecule has 4 heteroatoms. The highest BCUT2D eigenvalue weighted by Crippen LogP contribution is 2.20. The molecule has 16 heavy (non-hydrogen) atoms. The minimum atomic E-state index is -0.133. The maximum atomic E-state index is 11.1. The van der Waals surface area contributed by atoms with E-state index in [1.165, 1.54) is 16.7 Å². The van der Waals surface area contributed by atoms with Crippen LogP contribution in [-0.2, 0) is 29.1 Å². The van der Waals surface area contributed by atoms with Crippen LogP contribution in [0.1, 0.15) is 16.7 Å². The first kappa shape index (κ1) is 11.4. The number of nitrogens with one attached hydrogen (secondary N) is 1. The number of halogens is 1. The third-order valence-electron chi connectivity index (χ3n) is 2.72. The Morgan fingerprint density at radius 2 is 2.38 bits per heavy atom. The van der Waals surface area contributed by atoms with Crippen LogP contribution in [0.2, 0.25) is 0 Å². The monoisotopic (exact) mass is 239 g/mol. The number of carbonyl (C=O) groups is 1. The molecule has 0 radical (unpaired) electrons. The van der Waals surface area contributed by atoms with Crippen molar-refractivity contribution in [3.8, 4) is 0 Å². The zero-order valence-corrected chi connectivity index (χ0v) is 9.72. The molecule has 1 aromatic rings. The van der Waals surface area contributed by atoms with E-state index in [0.29, 0.717) is 13.2 Å². The van der Waals surface area contributed by atoms with Gasteiger partial charge >= 0.3 is 0 Å². The molecular formula is C12H14ClNO2. The molecule has 1 amide bonds. The van der Waals surface area contributed by atoms with E-state index >= 15 is 0 Å². The van der Waals surface area contributed by atoms with Crippen molar-refractivity contribution >= 4 is 17.5 Å². The van der Waals surface area contributed by atoms with Crippen LogP contribution in [0.3, 0.4) is 0 Å². The van der Waals surface area contributed by atoms with Crippen LogP contribution >= 0.6 is 11.6 Å². The van der Waals surface area contributed by atoms with E-state index in [0.717, 1.165) is 13.0 Å². The second-order valence-electron chi connectivity index (χ2n) is 3.77. The van der Waals surface area contributed by atoms with Crippen molar-refractivity contribution in [3.05, 3.63) is 34.9 Å². The molecule has 0 unspecified atom stereocenters. The van der Waals surface area contributed by atoms with Crippen LogP contribution < -0.4 is 5.32 Å². The topological polar surface area (TPSA) is 38.3 Å². The minimum absolute atomic E-state index is 0.0120. The molecule has 0 bridgehead atoms. The van der Waals surface area contributed by atoms with Gasteiger partial charge in [-0.2, -0.15) is 0 Å². The van der Waals surface area contributed by atoms with Gasteiger partial charge in [0.2, 0.25) is 5.91 Å². The molecule has 1 aliphatic heterocycles. The van der Waals surface area contributed by atoms with E-state index < -0.39 is 0 Å². The third-order valence-corrected chi connectivity index (χ3v) is 2.96. The first-order chi connectivity index (χ1) is 7.81. The summed E-state index contributed by atoms with van der Waals surface area (Å²) in [7, 11) is 0. The number of ether oxygens (including phenoxy) is 1. The average molecular weight is 240 g/mol. The van der Waals surface area contributed by atoms with Gasteiger partial charge in [0.25, 0.3) is 0 Å². The fourth-order valence-electron chi connectivity index (χ4n) is 1.91. The Morgan fingerprint density at radius 3 is 3.19 bits per heavy atom. The molecule has 0 spiro atoms. The summed E-state index contributed by atoms with van der Waals surface area (Å²) in [6, 6.07) is 6.11. The Labute approximate surface area is 99.7 Å². The number of alkyl halides is 1. The van der Waals surface area contributed by atoms with E-state index in [4.69, 9.17) is 16.3 Å². The van der Waals surface area contributed by atoms with E-state index in [-0.39, 0.29) is 11.8 Å². The smallest absolute Gasteiger partial charge is 0.235 e. The van der Waals surface area contributed by atoms with Gasteiger partial charge in [-0.1, -0.05) is 18.2 Å². The molecule has 1 aliphatic rings. The second-order valence-corrected chi connectivity index (χ2v) is 4.04. The highest BCUT2D eigenvalue weighted by Gasteiger charge is 2.13. The Morgan fingerprint density at radius 1 is 1.50 bits per heavy atom. The highest BCUT2D eigenvalue weighted by molar-refractivity contribution is 6.27. The van der Waals surface area contributed by atoms with Gasteiger partial charge in [-0.15, -0.1) is 11.6 Å². The first-order valence-corrected chi connectivity index (χ1v) is 5.85. The largest absolute Gasteiger partial charge is 0.376 e. The second kappa shape index (κ2) is 5.32. The number of amides is 1. The minimum Gasteiger partial charge on any atom is -0.376 e. The summed E-state index contributed by atoms with van der Waals surface area (Å²) < 4.78 is 5.39. The molecule has 1 heterocycles. The molecule has 0 atom stereocenters. The van der Waals surface area contributed by atoms with E-state index in [1.54, 1.807) is 0 Å². The molecule has 0 saturated heterocycles. The van der Waals surface area contributed by atoms with E-state index in [1.807, 2.05) is 12.1 Å². The van der Waals surface area contributed by atoms with Gasteiger partial charge in [-0.25, -0.2) is 0 Å². The molecule has 1 N–H and O–H groups in total. The molecule has 0 saturated carbocycles. The Balaban J connectivity index is 2.11. The highest BCUT2D eigenvalue weighted by atomic mass is 35.5. The molecule has 0 aromatic heterocycles. The van der Waals surface area contributed by atoms with Crippen molar-refractivity contribution in [1.29, 1.82) is 0 Å². The van der Waals surface area contributed by atoms with Crippen LogP contribution in [0, 0.1) is 0 Å². The van der Waals surface area contributed by atoms with E-state index in [9.17, 15) is 4.79 Å². The van der Waals surface area contributed by atoms with Crippen molar-refractivity contribution in [2.75, 3.05) is 12.5 Å². The summed E-state index contributed by atoms with van der Waals surface area (Å²) in [5, 5.41) is 2.79. The number of carbonyl (C=O) groups excluding carboxylic acids is 1. The van der Waals surface area contributed by atoms with Crippen molar-refractivity contribution in [2.45, 2.75) is 19.6 Å². The molecule has 1 aromatic carbocycles. The molecule has 3 nitrogen and oxygen atoms in total. The van der Waals surface area contributed by atoms with Crippen LogP contribution in [0.25, 0.3) is 0 Å². The summed E-state index contributed by atoms with van der Waals surface area (Å²) in [6.07, 6.45) is 0.919. The average Bonchev–Trinajstić information content (AvgIpc) is 2.35. The van der Waals surface area contributed by atoms with Gasteiger partial charge in [0.15, 0.2) is 0 Å². The molecular weight excluding hydrogens is 226 g/mol. The van der Waals surface area contributed by atoms with Crippen molar-refractivity contribution < 1.29 is 9.53 Å². The molecule has 86 valence electrons. The van der Waals surface area contributed by atoms with Crippen LogP contribution in [0.5, 0.6) is 0 Å². The van der Waals surface area contributed by atoms with Gasteiger partial charge < -0.3 is 10.1 Å². The molecule has 0 aliphatic carbocycles. The lowest BCUT2D eigenvalue weighted by molar-refractivity contribution is -0.118. The first-order valence-electron chi connectivity index (χ1n) is 5.31. The van der Waals surface area contributed by atoms with Crippen LogP contribution in [0.15, 0.2) is 18.2 Å². The Kier molecular flexibility index (Phi) is 3.80. The Hall–Kier alpha value is -1.06. The number of hydrogen-bond donors (Lipinski definition) is 1. The summed E-state index contributed by atoms with van der Waals surface area (Å²) in [5.41, 5.74) is 3.70. The van der Waals surface area contributed by atoms with Gasteiger partial charge in [0.05, 0.1) is 13.2 Å². The predicted molar refractivity (Wildman–Crippen MR) is 62.4 cm³/mol. The fraction of sp³-hybridized carbons (Fsp3) is 0.417. The normalized spacial score (nSPS) is 14.3. The zero-order valence-electron chi connectivity index (χ0n) is 8.96. The van der Waals surface area contributed by atoms with Crippen LogP contribution in [0.4, 0.5) is 0 Å². The maximum absolute atomic E-state index is 11.1. The van der Waals surface area contributed by atoms with Gasteiger partial charge in [-0.05, 0) is 23.1 Å². The molecule has 2 rings (SSSR count). The number of hydrogen-bond acceptors (Lipinski definition) is 2. The number of fused-ring (bicyclic) bond motifs is 1. The maximum Gasteiger partial charge on any atom is 0.235 e. The lowest BCUT2D eigenvalue weighted by Gasteiger charge is -2.19. The number of rotatable bonds is 3. The summed E-state index contributed by atoms with van der Waals surface area (Å²) in [5.74, 6) is -0.121. The standard InChI is InChI=1S/C12H14ClNO2/c13-6-12(15)14-7-9-2-1-3-10-8-16-5-4-11(9)10/h1-3H,4-8H2,(H,14,15). The number of benzene rings is 1. The SMILES string of the molecule is O=C(CCl)NCc1cccc2c1CCOC2. The van der Waals surface area contributed by atoms with Crippen molar-refractivity contribution in [1.82, 2.24) is 5.32 Å². The van der Waals surface area contributed by atoms with Gasteiger partial charge in [-0.3, -0.25) is 4.79 Å². The van der Waals surface area contributed by atoms with Crippen molar-refractivity contribution in [2.24, 2.45) is 0 Å².